The maximum absolute atomic E-state index is 13.6. The standard InChI is InChI=1S/C30H33ClN2O/c1-24(15-16-25-9-4-2-5-10-25)33-21-18-30(19-22-33,27-12-6-3-7-13-27)29(34)32-20-17-26-11-8-14-28(31)23-26/h2-14,23H,1,15-22H2,(H,32,34). The quantitative estimate of drug-likeness (QED) is 0.403. The molecule has 3 nitrogen and oxygen atoms in total. The first-order valence-corrected chi connectivity index (χ1v) is 12.5. The van der Waals surface area contributed by atoms with Crippen LogP contribution in [0.1, 0.15) is 36.0 Å². The molecule has 0 bridgehead atoms. The van der Waals surface area contributed by atoms with Gasteiger partial charge in [-0.3, -0.25) is 4.79 Å². The number of carbonyl (C=O) groups is 1. The van der Waals surface area contributed by atoms with Gasteiger partial charge in [-0.1, -0.05) is 91.0 Å². The van der Waals surface area contributed by atoms with Gasteiger partial charge in [-0.15, -0.1) is 0 Å². The summed E-state index contributed by atoms with van der Waals surface area (Å²) in [6.45, 7) is 6.64. The van der Waals surface area contributed by atoms with Crippen LogP contribution in [-0.4, -0.2) is 30.4 Å². The Kier molecular flexibility index (Phi) is 8.08. The molecule has 1 saturated heterocycles. The van der Waals surface area contributed by atoms with Crippen molar-refractivity contribution in [3.63, 3.8) is 0 Å². The van der Waals surface area contributed by atoms with Crippen molar-refractivity contribution < 1.29 is 4.79 Å². The van der Waals surface area contributed by atoms with Crippen LogP contribution in [0, 0.1) is 0 Å². The molecular weight excluding hydrogens is 440 g/mol. The molecule has 3 aromatic rings. The van der Waals surface area contributed by atoms with Crippen molar-refractivity contribution in [2.75, 3.05) is 19.6 Å². The number of nitrogens with zero attached hydrogens (tertiary/aromatic N) is 1. The summed E-state index contributed by atoms with van der Waals surface area (Å²) in [5, 5.41) is 3.95. The zero-order valence-corrected chi connectivity index (χ0v) is 20.4. The smallest absolute Gasteiger partial charge is 0.230 e. The summed E-state index contributed by atoms with van der Waals surface area (Å²) >= 11 is 6.11. The van der Waals surface area contributed by atoms with Crippen LogP contribution < -0.4 is 5.32 Å². The van der Waals surface area contributed by atoms with E-state index in [-0.39, 0.29) is 5.91 Å². The van der Waals surface area contributed by atoms with E-state index in [1.807, 2.05) is 48.5 Å². The van der Waals surface area contributed by atoms with E-state index < -0.39 is 5.41 Å². The van der Waals surface area contributed by atoms with E-state index in [0.717, 1.165) is 67.0 Å². The number of aryl methyl sites for hydroxylation is 1. The minimum Gasteiger partial charge on any atom is -0.375 e. The van der Waals surface area contributed by atoms with E-state index in [1.165, 1.54) is 5.56 Å². The summed E-state index contributed by atoms with van der Waals surface area (Å²) < 4.78 is 0. The number of likely N-dealkylation sites (tertiary alicyclic amines) is 1. The molecule has 1 N–H and O–H groups in total. The number of allylic oxidation sites excluding steroid dienone is 1. The Labute approximate surface area is 208 Å². The maximum atomic E-state index is 13.6. The van der Waals surface area contributed by atoms with Gasteiger partial charge in [0.05, 0.1) is 5.41 Å². The molecule has 0 atom stereocenters. The molecule has 3 aromatic carbocycles. The Hall–Kier alpha value is -3.04. The fourth-order valence-electron chi connectivity index (χ4n) is 4.88. The lowest BCUT2D eigenvalue weighted by Gasteiger charge is -2.42. The molecular formula is C30H33ClN2O. The third kappa shape index (κ3) is 5.90. The van der Waals surface area contributed by atoms with Gasteiger partial charge in [-0.25, -0.2) is 0 Å². The maximum Gasteiger partial charge on any atom is 0.230 e. The van der Waals surface area contributed by atoms with Crippen molar-refractivity contribution in [1.29, 1.82) is 0 Å². The van der Waals surface area contributed by atoms with E-state index in [1.54, 1.807) is 0 Å². The normalized spacial score (nSPS) is 15.0. The molecule has 0 saturated carbocycles. The van der Waals surface area contributed by atoms with Gasteiger partial charge in [0.2, 0.25) is 5.91 Å². The van der Waals surface area contributed by atoms with E-state index >= 15 is 0 Å². The number of carbonyl (C=O) groups excluding carboxylic acids is 1. The van der Waals surface area contributed by atoms with Crippen molar-refractivity contribution in [1.82, 2.24) is 10.2 Å². The number of nitrogens with one attached hydrogen (secondary N) is 1. The number of rotatable bonds is 9. The first-order valence-electron chi connectivity index (χ1n) is 12.1. The molecule has 1 aliphatic heterocycles. The van der Waals surface area contributed by atoms with Crippen LogP contribution in [0.3, 0.4) is 0 Å². The topological polar surface area (TPSA) is 32.3 Å². The van der Waals surface area contributed by atoms with Crippen LogP contribution in [0.2, 0.25) is 5.02 Å². The Morgan fingerprint density at radius 2 is 1.53 bits per heavy atom. The van der Waals surface area contributed by atoms with Crippen molar-refractivity contribution >= 4 is 17.5 Å². The molecule has 4 heteroatoms. The number of benzene rings is 3. The van der Waals surface area contributed by atoms with Crippen LogP contribution in [0.4, 0.5) is 0 Å². The predicted molar refractivity (Wildman–Crippen MR) is 141 cm³/mol. The fraction of sp³-hybridized carbons (Fsp3) is 0.300. The third-order valence-electron chi connectivity index (χ3n) is 6.96. The van der Waals surface area contributed by atoms with Gasteiger partial charge >= 0.3 is 0 Å². The molecule has 1 amide bonds. The Balaban J connectivity index is 1.38. The zero-order valence-electron chi connectivity index (χ0n) is 19.7. The highest BCUT2D eigenvalue weighted by Gasteiger charge is 2.42. The predicted octanol–water partition coefficient (Wildman–Crippen LogP) is 6.18. The molecule has 0 unspecified atom stereocenters. The second kappa shape index (κ2) is 11.4. The van der Waals surface area contributed by atoms with Gasteiger partial charge in [0.25, 0.3) is 0 Å². The minimum absolute atomic E-state index is 0.121. The van der Waals surface area contributed by atoms with Crippen molar-refractivity contribution in [3.05, 3.63) is 119 Å². The average molecular weight is 473 g/mol. The second-order valence-electron chi connectivity index (χ2n) is 9.12. The highest BCUT2D eigenvalue weighted by Crippen LogP contribution is 2.37. The highest BCUT2D eigenvalue weighted by molar-refractivity contribution is 6.30. The lowest BCUT2D eigenvalue weighted by molar-refractivity contribution is -0.128. The Bertz CT molecular complexity index is 1090. The van der Waals surface area contributed by atoms with Crippen LogP contribution in [0.25, 0.3) is 0 Å². The molecule has 0 aliphatic carbocycles. The zero-order chi connectivity index (χ0) is 23.8. The lowest BCUT2D eigenvalue weighted by Crippen LogP contribution is -2.51. The summed E-state index contributed by atoms with van der Waals surface area (Å²) in [4.78, 5) is 16.0. The monoisotopic (exact) mass is 472 g/mol. The second-order valence-corrected chi connectivity index (χ2v) is 9.56. The number of piperidine rings is 1. The first-order chi connectivity index (χ1) is 16.6. The number of hydrogen-bond acceptors (Lipinski definition) is 2. The van der Waals surface area contributed by atoms with Crippen LogP contribution in [-0.2, 0) is 23.1 Å². The van der Waals surface area contributed by atoms with Crippen molar-refractivity contribution in [2.24, 2.45) is 0 Å². The minimum atomic E-state index is -0.508. The summed E-state index contributed by atoms with van der Waals surface area (Å²) in [6.07, 6.45) is 4.26. The van der Waals surface area contributed by atoms with Gasteiger partial charge in [-0.2, -0.15) is 0 Å². The number of halogens is 1. The molecule has 0 spiro atoms. The summed E-state index contributed by atoms with van der Waals surface area (Å²) in [5.41, 5.74) is 4.22. The van der Waals surface area contributed by atoms with Crippen LogP contribution >= 0.6 is 11.6 Å². The van der Waals surface area contributed by atoms with E-state index in [2.05, 4.69) is 53.2 Å². The average Bonchev–Trinajstić information content (AvgIpc) is 2.88. The van der Waals surface area contributed by atoms with E-state index in [4.69, 9.17) is 11.6 Å². The molecule has 34 heavy (non-hydrogen) atoms. The van der Waals surface area contributed by atoms with Gasteiger partial charge in [0.1, 0.15) is 0 Å². The molecule has 0 radical (unpaired) electrons. The molecule has 1 aliphatic rings. The molecule has 1 fully saturated rings. The molecule has 4 rings (SSSR count). The van der Waals surface area contributed by atoms with E-state index in [0.29, 0.717) is 6.54 Å². The SMILES string of the molecule is C=C(CCc1ccccc1)N1CCC(C(=O)NCCc2cccc(Cl)c2)(c2ccccc2)CC1. The van der Waals surface area contributed by atoms with E-state index in [9.17, 15) is 4.79 Å². The summed E-state index contributed by atoms with van der Waals surface area (Å²) in [5.74, 6) is 0.121. The van der Waals surface area contributed by atoms with Crippen LogP contribution in [0.5, 0.6) is 0 Å². The Morgan fingerprint density at radius 3 is 2.21 bits per heavy atom. The summed E-state index contributed by atoms with van der Waals surface area (Å²) in [6, 6.07) is 28.6. The molecule has 176 valence electrons. The van der Waals surface area contributed by atoms with Gasteiger partial charge in [0.15, 0.2) is 0 Å². The molecule has 0 aromatic heterocycles. The lowest BCUT2D eigenvalue weighted by atomic mass is 9.71. The number of hydrogen-bond donors (Lipinski definition) is 1. The fourth-order valence-corrected chi connectivity index (χ4v) is 5.10. The first kappa shape index (κ1) is 24.1. The van der Waals surface area contributed by atoms with Crippen molar-refractivity contribution in [2.45, 2.75) is 37.5 Å². The van der Waals surface area contributed by atoms with Crippen molar-refractivity contribution in [3.8, 4) is 0 Å². The summed E-state index contributed by atoms with van der Waals surface area (Å²) in [7, 11) is 0. The molecule has 1 heterocycles. The van der Waals surface area contributed by atoms with Crippen LogP contribution in [0.15, 0.2) is 97.2 Å². The highest BCUT2D eigenvalue weighted by atomic mass is 35.5. The third-order valence-corrected chi connectivity index (χ3v) is 7.19. The largest absolute Gasteiger partial charge is 0.375 e. The van der Waals surface area contributed by atoms with Gasteiger partial charge in [-0.05, 0) is 60.9 Å². The Morgan fingerprint density at radius 1 is 0.882 bits per heavy atom. The number of amides is 1. The van der Waals surface area contributed by atoms with Gasteiger partial charge < -0.3 is 10.2 Å². The van der Waals surface area contributed by atoms with Gasteiger partial charge in [0, 0.05) is 30.4 Å².